The van der Waals surface area contributed by atoms with Crippen molar-refractivity contribution in [3.63, 3.8) is 0 Å². The van der Waals surface area contributed by atoms with Crippen LogP contribution in [0.4, 0.5) is 10.7 Å². The molecule has 0 aliphatic carbocycles. The second-order valence-electron chi connectivity index (χ2n) is 6.56. The summed E-state index contributed by atoms with van der Waals surface area (Å²) in [7, 11) is 0. The third kappa shape index (κ3) is 3.89. The van der Waals surface area contributed by atoms with E-state index in [9.17, 15) is 9.59 Å². The van der Waals surface area contributed by atoms with Gasteiger partial charge in [0.15, 0.2) is 0 Å². The van der Waals surface area contributed by atoms with E-state index in [1.807, 2.05) is 23.6 Å². The Morgan fingerprint density at radius 2 is 1.92 bits per heavy atom. The summed E-state index contributed by atoms with van der Waals surface area (Å²) >= 11 is 0. The number of rotatable bonds is 5. The molecule has 2 fully saturated rings. The number of amides is 3. The van der Waals surface area contributed by atoms with Crippen molar-refractivity contribution in [3.05, 3.63) is 18.5 Å². The summed E-state index contributed by atoms with van der Waals surface area (Å²) in [5, 5.41) is 2.75. The number of hydrogen-bond acceptors (Lipinski definition) is 5. The van der Waals surface area contributed by atoms with Crippen molar-refractivity contribution in [2.75, 3.05) is 38.0 Å². The largest absolute Gasteiger partial charge is 0.323 e. The van der Waals surface area contributed by atoms with Crippen molar-refractivity contribution in [2.45, 2.75) is 38.8 Å². The van der Waals surface area contributed by atoms with E-state index in [1.54, 1.807) is 18.5 Å². The molecule has 0 radical (unpaired) electrons. The van der Waals surface area contributed by atoms with Gasteiger partial charge in [0.05, 0.1) is 6.04 Å². The first-order valence-electron chi connectivity index (χ1n) is 8.97. The summed E-state index contributed by atoms with van der Waals surface area (Å²) in [6, 6.07) is 1.91. The molecule has 0 aromatic carbocycles. The molecule has 1 atom stereocenters. The van der Waals surface area contributed by atoms with Crippen LogP contribution in [-0.4, -0.2) is 81.4 Å². The Hall–Kier alpha value is -2.22. The monoisotopic (exact) mass is 346 g/mol. The molecule has 3 amide bonds. The van der Waals surface area contributed by atoms with Crippen molar-refractivity contribution in [1.29, 1.82) is 0 Å². The van der Waals surface area contributed by atoms with Crippen LogP contribution >= 0.6 is 0 Å². The summed E-state index contributed by atoms with van der Waals surface area (Å²) in [6.45, 7) is 7.95. The summed E-state index contributed by atoms with van der Waals surface area (Å²) < 4.78 is 0. The fourth-order valence-electron chi connectivity index (χ4n) is 3.56. The second kappa shape index (κ2) is 7.77. The number of carbonyl (C=O) groups is 2. The average Bonchev–Trinajstić information content (AvgIpc) is 3.02. The Balaban J connectivity index is 1.50. The fraction of sp³-hybridized carbons (Fsp3) is 0.647. The van der Waals surface area contributed by atoms with Gasteiger partial charge in [-0.1, -0.05) is 0 Å². The molecule has 8 heteroatoms. The van der Waals surface area contributed by atoms with Crippen molar-refractivity contribution in [1.82, 2.24) is 24.7 Å². The minimum atomic E-state index is -0.244. The maximum atomic E-state index is 12.4. The first-order chi connectivity index (χ1) is 12.1. The molecule has 3 rings (SSSR count). The number of carbonyl (C=O) groups excluding carboxylic acids is 2. The van der Waals surface area contributed by atoms with Gasteiger partial charge >= 0.3 is 6.03 Å². The molecule has 1 N–H and O–H groups in total. The molecule has 2 aliphatic rings. The minimum absolute atomic E-state index is 0.0981. The van der Waals surface area contributed by atoms with Gasteiger partial charge in [-0.15, -0.1) is 0 Å². The molecule has 1 aromatic rings. The van der Waals surface area contributed by atoms with E-state index in [4.69, 9.17) is 0 Å². The Labute approximate surface area is 148 Å². The number of anilines is 1. The maximum absolute atomic E-state index is 12.4. The van der Waals surface area contributed by atoms with Gasteiger partial charge in [-0.3, -0.25) is 15.0 Å². The number of nitrogens with one attached hydrogen (secondary N) is 1. The molecule has 0 spiro atoms. The van der Waals surface area contributed by atoms with Crippen LogP contribution in [0.15, 0.2) is 18.5 Å². The maximum Gasteiger partial charge on any atom is 0.320 e. The van der Waals surface area contributed by atoms with Crippen LogP contribution in [0.2, 0.25) is 0 Å². The lowest BCUT2D eigenvalue weighted by Crippen LogP contribution is -2.51. The molecule has 0 bridgehead atoms. The molecule has 0 unspecified atom stereocenters. The first-order valence-corrected chi connectivity index (χ1v) is 8.97. The zero-order valence-electron chi connectivity index (χ0n) is 14.9. The summed E-state index contributed by atoms with van der Waals surface area (Å²) in [5.41, 5.74) is 0. The molecule has 2 aliphatic heterocycles. The molecule has 2 saturated heterocycles. The van der Waals surface area contributed by atoms with E-state index in [0.29, 0.717) is 5.95 Å². The van der Waals surface area contributed by atoms with Gasteiger partial charge < -0.3 is 9.80 Å². The summed E-state index contributed by atoms with van der Waals surface area (Å²) in [5.74, 6) is 0.232. The van der Waals surface area contributed by atoms with Crippen LogP contribution in [0.1, 0.15) is 26.7 Å². The second-order valence-corrected chi connectivity index (χ2v) is 6.56. The number of piperidine rings is 1. The van der Waals surface area contributed by atoms with Gasteiger partial charge in [0, 0.05) is 51.2 Å². The van der Waals surface area contributed by atoms with Crippen molar-refractivity contribution in [2.24, 2.45) is 0 Å². The van der Waals surface area contributed by atoms with Crippen LogP contribution in [0.3, 0.4) is 0 Å². The number of aromatic nitrogens is 2. The minimum Gasteiger partial charge on any atom is -0.323 e. The highest BCUT2D eigenvalue weighted by molar-refractivity contribution is 5.93. The lowest BCUT2D eigenvalue weighted by molar-refractivity contribution is -0.121. The Morgan fingerprint density at radius 1 is 1.24 bits per heavy atom. The number of likely N-dealkylation sites (N-methyl/N-ethyl adjacent to an activating group) is 1. The Bertz CT molecular complexity index is 602. The predicted molar refractivity (Wildman–Crippen MR) is 94.1 cm³/mol. The molecule has 0 saturated carbocycles. The fourth-order valence-corrected chi connectivity index (χ4v) is 3.56. The van der Waals surface area contributed by atoms with E-state index >= 15 is 0 Å². The molecular formula is C17H26N6O2. The highest BCUT2D eigenvalue weighted by Crippen LogP contribution is 2.22. The van der Waals surface area contributed by atoms with Gasteiger partial charge in [-0.05, 0) is 32.8 Å². The lowest BCUT2D eigenvalue weighted by Gasteiger charge is -2.38. The summed E-state index contributed by atoms with van der Waals surface area (Å²) in [6.07, 6.45) is 5.02. The predicted octanol–water partition coefficient (Wildman–Crippen LogP) is 1.03. The van der Waals surface area contributed by atoms with Crippen LogP contribution < -0.4 is 5.32 Å². The highest BCUT2D eigenvalue weighted by Gasteiger charge is 2.36. The van der Waals surface area contributed by atoms with Gasteiger partial charge in [-0.2, -0.15) is 0 Å². The van der Waals surface area contributed by atoms with Crippen LogP contribution in [0.5, 0.6) is 0 Å². The van der Waals surface area contributed by atoms with E-state index in [-0.39, 0.29) is 24.0 Å². The van der Waals surface area contributed by atoms with E-state index in [1.165, 1.54) is 0 Å². The zero-order valence-corrected chi connectivity index (χ0v) is 14.9. The highest BCUT2D eigenvalue weighted by atomic mass is 16.2. The SMILES string of the molecule is CCN1CCN(C2CCN([C@@H](C)C(=O)Nc3ncccn3)CC2)C1=O. The molecule has 1 aromatic heterocycles. The van der Waals surface area contributed by atoms with Crippen LogP contribution in [0.25, 0.3) is 0 Å². The first kappa shape index (κ1) is 17.6. The van der Waals surface area contributed by atoms with Crippen LogP contribution in [0, 0.1) is 0 Å². The van der Waals surface area contributed by atoms with E-state index < -0.39 is 0 Å². The van der Waals surface area contributed by atoms with Gasteiger partial charge in [0.25, 0.3) is 0 Å². The molecule has 8 nitrogen and oxygen atoms in total. The number of likely N-dealkylation sites (tertiary alicyclic amines) is 1. The summed E-state index contributed by atoms with van der Waals surface area (Å²) in [4.78, 5) is 38.8. The normalized spacial score (nSPS) is 20.8. The van der Waals surface area contributed by atoms with Gasteiger partial charge in [0.2, 0.25) is 11.9 Å². The lowest BCUT2D eigenvalue weighted by atomic mass is 10.0. The Morgan fingerprint density at radius 3 is 2.52 bits per heavy atom. The molecule has 136 valence electrons. The van der Waals surface area contributed by atoms with Crippen molar-refractivity contribution in [3.8, 4) is 0 Å². The molecular weight excluding hydrogens is 320 g/mol. The van der Waals surface area contributed by atoms with Crippen LogP contribution in [-0.2, 0) is 4.79 Å². The van der Waals surface area contributed by atoms with Gasteiger partial charge in [-0.25, -0.2) is 14.8 Å². The van der Waals surface area contributed by atoms with Gasteiger partial charge in [0.1, 0.15) is 0 Å². The van der Waals surface area contributed by atoms with E-state index in [0.717, 1.165) is 45.6 Å². The average molecular weight is 346 g/mol. The topological polar surface area (TPSA) is 81.7 Å². The van der Waals surface area contributed by atoms with E-state index in [2.05, 4.69) is 20.2 Å². The van der Waals surface area contributed by atoms with Crippen molar-refractivity contribution < 1.29 is 9.59 Å². The van der Waals surface area contributed by atoms with Crippen molar-refractivity contribution >= 4 is 17.9 Å². The third-order valence-electron chi connectivity index (χ3n) is 5.18. The standard InChI is InChI=1S/C17H26N6O2/c1-3-21-11-12-23(17(21)25)14-5-9-22(10-6-14)13(2)15(24)20-16-18-7-4-8-19-16/h4,7-8,13-14H,3,5-6,9-12H2,1-2H3,(H,18,19,20,24)/t13-/m0/s1. The number of nitrogens with zero attached hydrogens (tertiary/aromatic N) is 5. The number of urea groups is 1. The third-order valence-corrected chi connectivity index (χ3v) is 5.18. The molecule has 3 heterocycles. The Kier molecular flexibility index (Phi) is 5.47. The quantitative estimate of drug-likeness (QED) is 0.861. The number of hydrogen-bond donors (Lipinski definition) is 1. The smallest absolute Gasteiger partial charge is 0.320 e. The zero-order chi connectivity index (χ0) is 17.8. The molecule has 25 heavy (non-hydrogen) atoms.